The largest absolute Gasteiger partial charge is 0.463 e. The number of aryl methyl sites for hydroxylation is 1. The molecular formula is C19H24O11S. The van der Waals surface area contributed by atoms with Crippen molar-refractivity contribution in [3.8, 4) is 0 Å². The van der Waals surface area contributed by atoms with E-state index in [1.54, 1.807) is 19.1 Å². The van der Waals surface area contributed by atoms with E-state index in [1.165, 1.54) is 12.1 Å². The van der Waals surface area contributed by atoms with Crippen LogP contribution in [0.15, 0.2) is 29.2 Å². The molecule has 2 rings (SSSR count). The minimum absolute atomic E-state index is 0.210. The molecule has 0 aliphatic carbocycles. The summed E-state index contributed by atoms with van der Waals surface area (Å²) in [5.41, 5.74) is 0.806. The topological polar surface area (TPSA) is 152 Å². The third kappa shape index (κ3) is 6.72. The monoisotopic (exact) mass is 460 g/mol. The van der Waals surface area contributed by atoms with Crippen LogP contribution in [0.5, 0.6) is 0 Å². The zero-order valence-corrected chi connectivity index (χ0v) is 18.2. The van der Waals surface area contributed by atoms with Gasteiger partial charge in [-0.25, -0.2) is 0 Å². The highest BCUT2D eigenvalue weighted by molar-refractivity contribution is 7.86. The molecule has 0 unspecified atom stereocenters. The van der Waals surface area contributed by atoms with Crippen molar-refractivity contribution in [2.75, 3.05) is 6.61 Å². The second-order valence-electron chi connectivity index (χ2n) is 6.84. The molecule has 11 nitrogen and oxygen atoms in total. The molecule has 5 atom stereocenters. The van der Waals surface area contributed by atoms with Crippen molar-refractivity contribution in [2.24, 2.45) is 0 Å². The number of hydrogen-bond acceptors (Lipinski definition) is 11. The van der Waals surface area contributed by atoms with Crippen molar-refractivity contribution >= 4 is 28.0 Å². The zero-order valence-electron chi connectivity index (χ0n) is 17.3. The summed E-state index contributed by atoms with van der Waals surface area (Å²) in [4.78, 5) is 34.2. The molecule has 0 saturated carbocycles. The molecule has 1 fully saturated rings. The average Bonchev–Trinajstić information content (AvgIpc) is 2.65. The van der Waals surface area contributed by atoms with Crippen molar-refractivity contribution in [3.63, 3.8) is 0 Å². The van der Waals surface area contributed by atoms with Crippen LogP contribution in [0.1, 0.15) is 26.3 Å². The van der Waals surface area contributed by atoms with Crippen molar-refractivity contribution in [1.29, 1.82) is 0 Å². The van der Waals surface area contributed by atoms with Crippen molar-refractivity contribution in [1.82, 2.24) is 0 Å². The second kappa shape index (κ2) is 10.2. The summed E-state index contributed by atoms with van der Waals surface area (Å²) in [5.74, 6) is -2.34. The van der Waals surface area contributed by atoms with Gasteiger partial charge < -0.3 is 24.1 Å². The molecule has 1 heterocycles. The van der Waals surface area contributed by atoms with Crippen molar-refractivity contribution < 1.29 is 51.0 Å². The molecule has 0 bridgehead atoms. The van der Waals surface area contributed by atoms with E-state index in [-0.39, 0.29) is 4.90 Å². The highest BCUT2D eigenvalue weighted by Crippen LogP contribution is 2.30. The van der Waals surface area contributed by atoms with Crippen LogP contribution in [0.25, 0.3) is 0 Å². The van der Waals surface area contributed by atoms with Gasteiger partial charge in [0.1, 0.15) is 12.7 Å². The number of carbonyl (C=O) groups excluding carboxylic acids is 3. The molecule has 1 aromatic rings. The van der Waals surface area contributed by atoms with Crippen molar-refractivity contribution in [2.45, 2.75) is 63.3 Å². The van der Waals surface area contributed by atoms with Gasteiger partial charge in [-0.1, -0.05) is 17.7 Å². The van der Waals surface area contributed by atoms with E-state index in [9.17, 15) is 27.9 Å². The number of aliphatic hydroxyl groups excluding tert-OH is 1. The molecule has 0 radical (unpaired) electrons. The Balaban J connectivity index is 2.39. The summed E-state index contributed by atoms with van der Waals surface area (Å²) < 4.78 is 51.0. The van der Waals surface area contributed by atoms with Crippen LogP contribution in [0.2, 0.25) is 0 Å². The summed E-state index contributed by atoms with van der Waals surface area (Å²) >= 11 is 0. The Morgan fingerprint density at radius 3 is 2.00 bits per heavy atom. The Kier molecular flexibility index (Phi) is 8.12. The van der Waals surface area contributed by atoms with E-state index in [2.05, 4.69) is 0 Å². The SMILES string of the molecule is CC(=O)OC[C@H]1O[C@@H](O)[C@@H](OS(=O)(=O)c2ccc(C)cc2)[C@@H](OC(C)=O)[C@@H]1OC(C)=O. The molecule has 12 heteroatoms. The van der Waals surface area contributed by atoms with E-state index < -0.39 is 65.3 Å². The van der Waals surface area contributed by atoms with Crippen LogP contribution >= 0.6 is 0 Å². The normalized spacial score (nSPS) is 26.0. The van der Waals surface area contributed by atoms with Gasteiger partial charge >= 0.3 is 17.9 Å². The number of benzene rings is 1. The van der Waals surface area contributed by atoms with Gasteiger partial charge in [0.2, 0.25) is 0 Å². The van der Waals surface area contributed by atoms with Crippen LogP contribution < -0.4 is 0 Å². The third-order valence-electron chi connectivity index (χ3n) is 4.21. The first-order valence-corrected chi connectivity index (χ1v) is 10.6. The van der Waals surface area contributed by atoms with Gasteiger partial charge in [0, 0.05) is 20.8 Å². The minimum Gasteiger partial charge on any atom is -0.463 e. The maximum Gasteiger partial charge on any atom is 0.303 e. The van der Waals surface area contributed by atoms with Gasteiger partial charge in [-0.05, 0) is 19.1 Å². The first-order valence-electron chi connectivity index (χ1n) is 9.22. The first-order chi connectivity index (χ1) is 14.4. The number of hydrogen-bond donors (Lipinski definition) is 1. The summed E-state index contributed by atoms with van der Waals surface area (Å²) in [6, 6.07) is 5.69. The molecular weight excluding hydrogens is 436 g/mol. The van der Waals surface area contributed by atoms with E-state index in [4.69, 9.17) is 23.1 Å². The molecule has 1 N–H and O–H groups in total. The van der Waals surface area contributed by atoms with E-state index in [0.29, 0.717) is 0 Å². The van der Waals surface area contributed by atoms with Crippen LogP contribution in [0.4, 0.5) is 0 Å². The van der Waals surface area contributed by atoms with E-state index in [1.807, 2.05) is 0 Å². The number of aliphatic hydroxyl groups is 1. The number of esters is 3. The standard InChI is InChI=1S/C19H24O11S/c1-10-5-7-14(8-6-10)31(24,25)30-18-17(28-13(4)22)16(27-12(3)21)15(29-19(18)23)9-26-11(2)20/h5-8,15-19,23H,9H2,1-4H3/t15-,16-,17+,18+,19-/m1/s1. The summed E-state index contributed by atoms with van der Waals surface area (Å²) in [6.07, 6.45) is -7.95. The van der Waals surface area contributed by atoms with Crippen LogP contribution in [-0.4, -0.2) is 68.7 Å². The summed E-state index contributed by atoms with van der Waals surface area (Å²) in [5, 5.41) is 10.4. The Morgan fingerprint density at radius 1 is 0.935 bits per heavy atom. The van der Waals surface area contributed by atoms with Crippen LogP contribution in [-0.2, 0) is 47.6 Å². The first kappa shape index (κ1) is 24.7. The lowest BCUT2D eigenvalue weighted by Crippen LogP contribution is -2.62. The van der Waals surface area contributed by atoms with Crippen LogP contribution in [0, 0.1) is 6.92 Å². The van der Waals surface area contributed by atoms with E-state index >= 15 is 0 Å². The summed E-state index contributed by atoms with van der Waals surface area (Å²) in [6.45, 7) is 4.54. The minimum atomic E-state index is -4.43. The fourth-order valence-electron chi connectivity index (χ4n) is 2.90. The van der Waals surface area contributed by atoms with Crippen LogP contribution in [0.3, 0.4) is 0 Å². The Labute approximate surface area is 179 Å². The predicted molar refractivity (Wildman–Crippen MR) is 102 cm³/mol. The molecule has 1 saturated heterocycles. The molecule has 0 aromatic heterocycles. The maximum atomic E-state index is 12.7. The molecule has 31 heavy (non-hydrogen) atoms. The third-order valence-corrected chi connectivity index (χ3v) is 5.54. The molecule has 1 aromatic carbocycles. The Morgan fingerprint density at radius 2 is 1.48 bits per heavy atom. The smallest absolute Gasteiger partial charge is 0.303 e. The fourth-order valence-corrected chi connectivity index (χ4v) is 3.98. The fraction of sp³-hybridized carbons (Fsp3) is 0.526. The second-order valence-corrected chi connectivity index (χ2v) is 8.42. The highest BCUT2D eigenvalue weighted by Gasteiger charge is 2.52. The maximum absolute atomic E-state index is 12.7. The van der Waals surface area contributed by atoms with E-state index in [0.717, 1.165) is 26.3 Å². The van der Waals surface area contributed by atoms with Gasteiger partial charge in [0.25, 0.3) is 10.1 Å². The van der Waals surface area contributed by atoms with Gasteiger partial charge in [0.05, 0.1) is 4.90 Å². The number of ether oxygens (including phenoxy) is 4. The lowest BCUT2D eigenvalue weighted by Gasteiger charge is -2.42. The Bertz CT molecular complexity index is 909. The number of carbonyl (C=O) groups is 3. The summed E-state index contributed by atoms with van der Waals surface area (Å²) in [7, 11) is -4.43. The van der Waals surface area contributed by atoms with Gasteiger partial charge in [-0.15, -0.1) is 0 Å². The highest BCUT2D eigenvalue weighted by atomic mass is 32.2. The molecule has 0 spiro atoms. The molecule has 0 amide bonds. The molecule has 1 aliphatic heterocycles. The average molecular weight is 460 g/mol. The van der Waals surface area contributed by atoms with Gasteiger partial charge in [-0.3, -0.25) is 18.6 Å². The lowest BCUT2D eigenvalue weighted by molar-refractivity contribution is -0.287. The lowest BCUT2D eigenvalue weighted by atomic mass is 9.98. The number of rotatable bonds is 7. The van der Waals surface area contributed by atoms with Gasteiger partial charge in [0.15, 0.2) is 24.6 Å². The predicted octanol–water partition coefficient (Wildman–Crippen LogP) is 0.213. The quantitative estimate of drug-likeness (QED) is 0.338. The zero-order chi connectivity index (χ0) is 23.3. The van der Waals surface area contributed by atoms with Crippen molar-refractivity contribution in [3.05, 3.63) is 29.8 Å². The van der Waals surface area contributed by atoms with Gasteiger partial charge in [-0.2, -0.15) is 8.42 Å². The Hall–Kier alpha value is -2.54. The molecule has 1 aliphatic rings. The molecule has 172 valence electrons.